The maximum atomic E-state index is 11.9. The third-order valence-corrected chi connectivity index (χ3v) is 3.89. The van der Waals surface area contributed by atoms with Crippen molar-refractivity contribution in [2.45, 2.75) is 52.9 Å². The number of aliphatic carboxylic acids is 1. The number of amides is 1. The molecule has 1 rings (SSSR count). The van der Waals surface area contributed by atoms with Crippen LogP contribution in [0.4, 0.5) is 0 Å². The predicted octanol–water partition coefficient (Wildman–Crippen LogP) is 2.43. The highest BCUT2D eigenvalue weighted by molar-refractivity contribution is 5.80. The van der Waals surface area contributed by atoms with Gasteiger partial charge in [0.25, 0.3) is 0 Å². The Bertz CT molecular complexity index is 306. The van der Waals surface area contributed by atoms with Crippen molar-refractivity contribution in [2.75, 3.05) is 6.54 Å². The maximum absolute atomic E-state index is 11.9. The van der Waals surface area contributed by atoms with E-state index < -0.39 is 11.4 Å². The van der Waals surface area contributed by atoms with E-state index in [0.717, 1.165) is 6.42 Å². The smallest absolute Gasteiger partial charge is 0.310 e. The van der Waals surface area contributed by atoms with Gasteiger partial charge in [0.1, 0.15) is 0 Å². The molecule has 0 saturated heterocycles. The van der Waals surface area contributed by atoms with Gasteiger partial charge in [-0.3, -0.25) is 9.59 Å². The Kier molecular flexibility index (Phi) is 5.17. The fourth-order valence-electron chi connectivity index (χ4n) is 2.41. The van der Waals surface area contributed by atoms with E-state index in [1.807, 2.05) is 6.92 Å². The minimum absolute atomic E-state index is 0.0160. The van der Waals surface area contributed by atoms with E-state index in [-0.39, 0.29) is 18.4 Å². The molecule has 1 aliphatic carbocycles. The zero-order chi connectivity index (χ0) is 13.8. The standard InChI is InChI=1S/C14H25NO3/c1-10(8-11-6-4-5-7-11)12(16)15-9-14(2,3)13(17)18/h10-11H,4-9H2,1-3H3,(H,15,16)(H,17,18). The molecule has 1 unspecified atom stereocenters. The van der Waals surface area contributed by atoms with E-state index in [4.69, 9.17) is 5.11 Å². The summed E-state index contributed by atoms with van der Waals surface area (Å²) in [6, 6.07) is 0. The van der Waals surface area contributed by atoms with Crippen LogP contribution < -0.4 is 5.32 Å². The third-order valence-electron chi connectivity index (χ3n) is 3.89. The van der Waals surface area contributed by atoms with E-state index in [1.54, 1.807) is 13.8 Å². The fourth-order valence-corrected chi connectivity index (χ4v) is 2.41. The van der Waals surface area contributed by atoms with Gasteiger partial charge in [-0.25, -0.2) is 0 Å². The van der Waals surface area contributed by atoms with Gasteiger partial charge < -0.3 is 10.4 Å². The molecule has 2 N–H and O–H groups in total. The lowest BCUT2D eigenvalue weighted by Gasteiger charge is -2.22. The Labute approximate surface area is 109 Å². The molecule has 4 nitrogen and oxygen atoms in total. The van der Waals surface area contributed by atoms with Crippen molar-refractivity contribution >= 4 is 11.9 Å². The minimum atomic E-state index is -0.900. The number of hydrogen-bond donors (Lipinski definition) is 2. The molecule has 1 atom stereocenters. The molecule has 0 aromatic carbocycles. The molecule has 0 aliphatic heterocycles. The second-order valence-electron chi connectivity index (χ2n) is 6.19. The van der Waals surface area contributed by atoms with E-state index >= 15 is 0 Å². The van der Waals surface area contributed by atoms with E-state index in [1.165, 1.54) is 25.7 Å². The summed E-state index contributed by atoms with van der Waals surface area (Å²) in [6.07, 6.45) is 5.96. The first-order chi connectivity index (χ1) is 8.33. The molecule has 18 heavy (non-hydrogen) atoms. The highest BCUT2D eigenvalue weighted by atomic mass is 16.4. The Morgan fingerprint density at radius 2 is 1.89 bits per heavy atom. The maximum Gasteiger partial charge on any atom is 0.310 e. The number of carboxylic acids is 1. The first-order valence-electron chi connectivity index (χ1n) is 6.84. The van der Waals surface area contributed by atoms with Crippen LogP contribution in [-0.2, 0) is 9.59 Å². The SMILES string of the molecule is CC(CC1CCCC1)C(=O)NCC(C)(C)C(=O)O. The molecule has 0 spiro atoms. The number of carbonyl (C=O) groups is 2. The summed E-state index contributed by atoms with van der Waals surface area (Å²) >= 11 is 0. The van der Waals surface area contributed by atoms with Gasteiger partial charge in [-0.05, 0) is 26.2 Å². The Morgan fingerprint density at radius 3 is 2.39 bits per heavy atom. The van der Waals surface area contributed by atoms with Gasteiger partial charge in [0.2, 0.25) is 5.91 Å². The molecule has 1 fully saturated rings. The first kappa shape index (κ1) is 15.0. The molecule has 1 aliphatic rings. The van der Waals surface area contributed by atoms with Crippen molar-refractivity contribution in [1.82, 2.24) is 5.32 Å². The quantitative estimate of drug-likeness (QED) is 0.766. The van der Waals surface area contributed by atoms with Crippen molar-refractivity contribution in [3.05, 3.63) is 0 Å². The Balaban J connectivity index is 2.33. The largest absolute Gasteiger partial charge is 0.481 e. The van der Waals surface area contributed by atoms with Gasteiger partial charge in [-0.2, -0.15) is 0 Å². The third kappa shape index (κ3) is 4.31. The molecule has 1 saturated carbocycles. The number of hydrogen-bond acceptors (Lipinski definition) is 2. The van der Waals surface area contributed by atoms with Crippen LogP contribution in [0.3, 0.4) is 0 Å². The van der Waals surface area contributed by atoms with Crippen LogP contribution in [0.2, 0.25) is 0 Å². The Morgan fingerprint density at radius 1 is 1.33 bits per heavy atom. The van der Waals surface area contributed by atoms with Gasteiger partial charge in [-0.1, -0.05) is 32.6 Å². The van der Waals surface area contributed by atoms with Gasteiger partial charge in [0.15, 0.2) is 0 Å². The Hall–Kier alpha value is -1.06. The average Bonchev–Trinajstić information content (AvgIpc) is 2.78. The molecule has 4 heteroatoms. The molecule has 104 valence electrons. The first-order valence-corrected chi connectivity index (χ1v) is 6.84. The number of carbonyl (C=O) groups excluding carboxylic acids is 1. The van der Waals surface area contributed by atoms with Crippen molar-refractivity contribution in [2.24, 2.45) is 17.3 Å². The topological polar surface area (TPSA) is 66.4 Å². The highest BCUT2D eigenvalue weighted by Crippen LogP contribution is 2.30. The second kappa shape index (κ2) is 6.21. The molecule has 0 heterocycles. The van der Waals surface area contributed by atoms with Crippen LogP contribution in [0, 0.1) is 17.3 Å². The van der Waals surface area contributed by atoms with Crippen molar-refractivity contribution in [3.63, 3.8) is 0 Å². The van der Waals surface area contributed by atoms with Crippen molar-refractivity contribution in [1.29, 1.82) is 0 Å². The summed E-state index contributed by atoms with van der Waals surface area (Å²) < 4.78 is 0. The summed E-state index contributed by atoms with van der Waals surface area (Å²) in [5.74, 6) is -0.238. The summed E-state index contributed by atoms with van der Waals surface area (Å²) in [7, 11) is 0. The molecule has 0 radical (unpaired) electrons. The van der Waals surface area contributed by atoms with E-state index in [9.17, 15) is 9.59 Å². The number of carboxylic acid groups (broad SMARTS) is 1. The monoisotopic (exact) mass is 255 g/mol. The van der Waals surface area contributed by atoms with Crippen molar-refractivity contribution < 1.29 is 14.7 Å². The van der Waals surface area contributed by atoms with Crippen LogP contribution in [-0.4, -0.2) is 23.5 Å². The van der Waals surface area contributed by atoms with Gasteiger partial charge >= 0.3 is 5.97 Å². The van der Waals surface area contributed by atoms with Crippen LogP contribution in [0.1, 0.15) is 52.9 Å². The molecular weight excluding hydrogens is 230 g/mol. The van der Waals surface area contributed by atoms with Gasteiger partial charge in [-0.15, -0.1) is 0 Å². The van der Waals surface area contributed by atoms with Crippen LogP contribution in [0.25, 0.3) is 0 Å². The van der Waals surface area contributed by atoms with Crippen LogP contribution in [0.5, 0.6) is 0 Å². The van der Waals surface area contributed by atoms with E-state index in [0.29, 0.717) is 5.92 Å². The molecule has 0 aromatic rings. The fraction of sp³-hybridized carbons (Fsp3) is 0.857. The zero-order valence-corrected chi connectivity index (χ0v) is 11.7. The number of nitrogens with one attached hydrogen (secondary N) is 1. The lowest BCUT2D eigenvalue weighted by Crippen LogP contribution is -2.41. The van der Waals surface area contributed by atoms with Crippen LogP contribution in [0.15, 0.2) is 0 Å². The average molecular weight is 255 g/mol. The zero-order valence-electron chi connectivity index (χ0n) is 11.7. The molecule has 0 aromatic heterocycles. The summed E-state index contributed by atoms with van der Waals surface area (Å²) in [5, 5.41) is 11.7. The van der Waals surface area contributed by atoms with Crippen molar-refractivity contribution in [3.8, 4) is 0 Å². The molecule has 0 bridgehead atoms. The highest BCUT2D eigenvalue weighted by Gasteiger charge is 2.29. The second-order valence-corrected chi connectivity index (χ2v) is 6.19. The minimum Gasteiger partial charge on any atom is -0.481 e. The van der Waals surface area contributed by atoms with Gasteiger partial charge in [0.05, 0.1) is 5.41 Å². The summed E-state index contributed by atoms with van der Waals surface area (Å²) in [6.45, 7) is 5.37. The number of rotatable bonds is 6. The van der Waals surface area contributed by atoms with Crippen LogP contribution >= 0.6 is 0 Å². The molecule has 1 amide bonds. The van der Waals surface area contributed by atoms with E-state index in [2.05, 4.69) is 5.32 Å². The summed E-state index contributed by atoms with van der Waals surface area (Å²) in [5.41, 5.74) is -0.900. The summed E-state index contributed by atoms with van der Waals surface area (Å²) in [4.78, 5) is 22.8. The van der Waals surface area contributed by atoms with Gasteiger partial charge in [0, 0.05) is 12.5 Å². The molecular formula is C14H25NO3. The lowest BCUT2D eigenvalue weighted by molar-refractivity contribution is -0.146. The normalized spacial score (nSPS) is 18.6. The predicted molar refractivity (Wildman–Crippen MR) is 70.2 cm³/mol. The lowest BCUT2D eigenvalue weighted by atomic mass is 9.92.